The van der Waals surface area contributed by atoms with Crippen LogP contribution in [0.1, 0.15) is 96.8 Å². The van der Waals surface area contributed by atoms with Crippen molar-refractivity contribution in [3.05, 3.63) is 12.2 Å². The monoisotopic (exact) mass is 325 g/mol. The van der Waals surface area contributed by atoms with Crippen molar-refractivity contribution in [1.29, 1.82) is 0 Å². The van der Waals surface area contributed by atoms with Gasteiger partial charge < -0.3 is 10.4 Å². The van der Waals surface area contributed by atoms with Crippen molar-refractivity contribution in [2.45, 2.75) is 96.8 Å². The minimum Gasteiger partial charge on any atom is -0.395 e. The summed E-state index contributed by atoms with van der Waals surface area (Å²) in [5.41, 5.74) is 0. The van der Waals surface area contributed by atoms with Crippen LogP contribution >= 0.6 is 0 Å². The van der Waals surface area contributed by atoms with E-state index >= 15 is 0 Å². The van der Waals surface area contributed by atoms with E-state index in [1.165, 1.54) is 83.5 Å². The van der Waals surface area contributed by atoms with Crippen LogP contribution in [-0.2, 0) is 4.79 Å². The Morgan fingerprint density at radius 1 is 0.826 bits per heavy atom. The fourth-order valence-electron chi connectivity index (χ4n) is 2.71. The molecule has 0 aromatic heterocycles. The lowest BCUT2D eigenvalue weighted by Crippen LogP contribution is -2.24. The van der Waals surface area contributed by atoms with E-state index in [0.717, 1.165) is 6.42 Å². The number of aliphatic hydroxyl groups excluding tert-OH is 1. The third-order valence-electron chi connectivity index (χ3n) is 4.15. The fourth-order valence-corrected chi connectivity index (χ4v) is 2.71. The highest BCUT2D eigenvalue weighted by molar-refractivity contribution is 5.87. The Balaban J connectivity index is 3.13. The molecule has 2 N–H and O–H groups in total. The van der Waals surface area contributed by atoms with E-state index in [1.54, 1.807) is 6.08 Å². The molecule has 1 amide bonds. The van der Waals surface area contributed by atoms with Gasteiger partial charge in [0, 0.05) is 6.54 Å². The van der Waals surface area contributed by atoms with Crippen molar-refractivity contribution < 1.29 is 9.90 Å². The second-order valence-electron chi connectivity index (χ2n) is 6.45. The predicted molar refractivity (Wildman–Crippen MR) is 99.5 cm³/mol. The maximum absolute atomic E-state index is 11.2. The third kappa shape index (κ3) is 19.1. The van der Waals surface area contributed by atoms with Crippen LogP contribution in [0.15, 0.2) is 12.2 Å². The number of hydrogen-bond acceptors (Lipinski definition) is 2. The van der Waals surface area contributed by atoms with E-state index in [1.807, 2.05) is 6.08 Å². The van der Waals surface area contributed by atoms with Gasteiger partial charge in [-0.1, -0.05) is 90.0 Å². The van der Waals surface area contributed by atoms with Crippen LogP contribution in [-0.4, -0.2) is 24.2 Å². The molecule has 0 aliphatic rings. The van der Waals surface area contributed by atoms with Gasteiger partial charge >= 0.3 is 0 Å². The Labute approximate surface area is 143 Å². The zero-order valence-corrected chi connectivity index (χ0v) is 15.3. The smallest absolute Gasteiger partial charge is 0.243 e. The molecule has 23 heavy (non-hydrogen) atoms. The summed E-state index contributed by atoms with van der Waals surface area (Å²) in [6.07, 6.45) is 22.3. The largest absolute Gasteiger partial charge is 0.395 e. The Morgan fingerprint density at radius 2 is 1.30 bits per heavy atom. The lowest BCUT2D eigenvalue weighted by atomic mass is 10.0. The van der Waals surface area contributed by atoms with Gasteiger partial charge in [-0.3, -0.25) is 4.79 Å². The quantitative estimate of drug-likeness (QED) is 0.287. The standard InChI is InChI=1S/C20H39NO2/c1-2-3-4-5-6-7-8-9-10-11-12-13-14-15-16-17-20(23)21-18-19-22/h16-17,22H,2-15,18-19H2,1H3,(H,21,23). The molecule has 0 aromatic rings. The van der Waals surface area contributed by atoms with Crippen molar-refractivity contribution in [2.75, 3.05) is 13.2 Å². The summed E-state index contributed by atoms with van der Waals surface area (Å²) in [6.45, 7) is 2.60. The molecule has 0 bridgehead atoms. The molecule has 0 aromatic carbocycles. The van der Waals surface area contributed by atoms with E-state index in [9.17, 15) is 4.79 Å². The van der Waals surface area contributed by atoms with Gasteiger partial charge in [0.15, 0.2) is 0 Å². The number of rotatable bonds is 17. The van der Waals surface area contributed by atoms with Gasteiger partial charge in [0.05, 0.1) is 6.61 Å². The summed E-state index contributed by atoms with van der Waals surface area (Å²) in [6, 6.07) is 0. The molecule has 0 rings (SSSR count). The Kier molecular flexibility index (Phi) is 18.5. The van der Waals surface area contributed by atoms with Crippen LogP contribution < -0.4 is 5.32 Å². The molecule has 3 nitrogen and oxygen atoms in total. The highest BCUT2D eigenvalue weighted by Crippen LogP contribution is 2.12. The van der Waals surface area contributed by atoms with Crippen LogP contribution in [0.4, 0.5) is 0 Å². The first-order valence-electron chi connectivity index (χ1n) is 9.86. The molecule has 0 aliphatic carbocycles. The second kappa shape index (κ2) is 19.2. The lowest BCUT2D eigenvalue weighted by molar-refractivity contribution is -0.116. The van der Waals surface area contributed by atoms with Gasteiger partial charge in [-0.15, -0.1) is 0 Å². The molecule has 3 heteroatoms. The van der Waals surface area contributed by atoms with E-state index in [-0.39, 0.29) is 12.5 Å². The summed E-state index contributed by atoms with van der Waals surface area (Å²) >= 11 is 0. The van der Waals surface area contributed by atoms with E-state index in [2.05, 4.69) is 12.2 Å². The molecule has 0 radical (unpaired) electrons. The molecule has 0 aliphatic heterocycles. The van der Waals surface area contributed by atoms with Crippen molar-refractivity contribution in [3.8, 4) is 0 Å². The van der Waals surface area contributed by atoms with Crippen LogP contribution in [0.3, 0.4) is 0 Å². The molecule has 0 unspecified atom stereocenters. The fraction of sp³-hybridized carbons (Fsp3) is 0.850. The van der Waals surface area contributed by atoms with Crippen LogP contribution in [0.2, 0.25) is 0 Å². The highest BCUT2D eigenvalue weighted by atomic mass is 16.3. The summed E-state index contributed by atoms with van der Waals surface area (Å²) in [5.74, 6) is -0.103. The summed E-state index contributed by atoms with van der Waals surface area (Å²) < 4.78 is 0. The SMILES string of the molecule is CCCCCCCCCCCCCCCC=CC(=O)NCCO. The van der Waals surface area contributed by atoms with Gasteiger partial charge in [-0.2, -0.15) is 0 Å². The predicted octanol–water partition coefficient (Wildman–Crippen LogP) is 5.13. The molecule has 0 heterocycles. The summed E-state index contributed by atoms with van der Waals surface area (Å²) in [7, 11) is 0. The van der Waals surface area contributed by atoms with Crippen LogP contribution in [0.25, 0.3) is 0 Å². The van der Waals surface area contributed by atoms with Crippen LogP contribution in [0, 0.1) is 0 Å². The first-order chi connectivity index (χ1) is 11.3. The van der Waals surface area contributed by atoms with E-state index in [0.29, 0.717) is 6.54 Å². The average molecular weight is 326 g/mol. The van der Waals surface area contributed by atoms with Crippen molar-refractivity contribution >= 4 is 5.91 Å². The zero-order chi connectivity index (χ0) is 17.0. The van der Waals surface area contributed by atoms with Gasteiger partial charge in [0.25, 0.3) is 0 Å². The Hall–Kier alpha value is -0.830. The number of aliphatic hydroxyl groups is 1. The molecule has 0 fully saturated rings. The summed E-state index contributed by atoms with van der Waals surface area (Å²) in [4.78, 5) is 11.2. The topological polar surface area (TPSA) is 49.3 Å². The zero-order valence-electron chi connectivity index (χ0n) is 15.3. The Bertz CT molecular complexity index is 277. The van der Waals surface area contributed by atoms with E-state index in [4.69, 9.17) is 5.11 Å². The molecule has 0 saturated carbocycles. The highest BCUT2D eigenvalue weighted by Gasteiger charge is 1.94. The number of nitrogens with one attached hydrogen (secondary N) is 1. The van der Waals surface area contributed by atoms with Gasteiger partial charge in [0.2, 0.25) is 5.91 Å². The number of unbranched alkanes of at least 4 members (excludes halogenated alkanes) is 13. The average Bonchev–Trinajstić information content (AvgIpc) is 2.56. The molecular weight excluding hydrogens is 286 g/mol. The number of allylic oxidation sites excluding steroid dienone is 1. The number of hydrogen-bond donors (Lipinski definition) is 2. The van der Waals surface area contributed by atoms with Gasteiger partial charge in [-0.25, -0.2) is 0 Å². The Morgan fingerprint density at radius 3 is 1.78 bits per heavy atom. The number of carbonyl (C=O) groups is 1. The molecular formula is C20H39NO2. The molecule has 0 spiro atoms. The first-order valence-corrected chi connectivity index (χ1v) is 9.86. The van der Waals surface area contributed by atoms with Crippen molar-refractivity contribution in [2.24, 2.45) is 0 Å². The van der Waals surface area contributed by atoms with Crippen molar-refractivity contribution in [1.82, 2.24) is 5.32 Å². The van der Waals surface area contributed by atoms with Crippen molar-refractivity contribution in [3.63, 3.8) is 0 Å². The normalized spacial score (nSPS) is 11.2. The molecule has 136 valence electrons. The first kappa shape index (κ1) is 22.2. The molecule has 0 saturated heterocycles. The number of carbonyl (C=O) groups excluding carboxylic acids is 1. The van der Waals surface area contributed by atoms with Gasteiger partial charge in [0.1, 0.15) is 0 Å². The molecule has 0 atom stereocenters. The maximum Gasteiger partial charge on any atom is 0.243 e. The van der Waals surface area contributed by atoms with E-state index < -0.39 is 0 Å². The second-order valence-corrected chi connectivity index (χ2v) is 6.45. The summed E-state index contributed by atoms with van der Waals surface area (Å²) in [5, 5.41) is 11.2. The number of amides is 1. The van der Waals surface area contributed by atoms with Crippen LogP contribution in [0.5, 0.6) is 0 Å². The maximum atomic E-state index is 11.2. The minimum atomic E-state index is -0.103. The lowest BCUT2D eigenvalue weighted by Gasteiger charge is -2.02. The minimum absolute atomic E-state index is 0.00155. The third-order valence-corrected chi connectivity index (χ3v) is 4.15. The van der Waals surface area contributed by atoms with Gasteiger partial charge in [-0.05, 0) is 18.9 Å².